The van der Waals surface area contributed by atoms with Crippen molar-refractivity contribution in [2.75, 3.05) is 0 Å². The molecule has 0 bridgehead atoms. The molecule has 17 heavy (non-hydrogen) atoms. The molecule has 3 heteroatoms. The minimum Gasteiger partial charge on any atom is -0.487 e. The number of rotatable bonds is 4. The highest BCUT2D eigenvalue weighted by Crippen LogP contribution is 2.35. The molecule has 1 aromatic carbocycles. The van der Waals surface area contributed by atoms with Crippen LogP contribution in [0.5, 0.6) is 5.75 Å². The highest BCUT2D eigenvalue weighted by Gasteiger charge is 2.25. The predicted molar refractivity (Wildman–Crippen MR) is 66.0 cm³/mol. The smallest absolute Gasteiger partial charge is 0.130 e. The zero-order valence-corrected chi connectivity index (χ0v) is 9.97. The molecular formula is C14H16N2O. The summed E-state index contributed by atoms with van der Waals surface area (Å²) < 4.78 is 8.07. The van der Waals surface area contributed by atoms with E-state index in [1.54, 1.807) is 0 Å². The Morgan fingerprint density at radius 3 is 2.94 bits per heavy atom. The van der Waals surface area contributed by atoms with Crippen molar-refractivity contribution in [1.29, 1.82) is 0 Å². The molecule has 1 heterocycles. The second-order valence-electron chi connectivity index (χ2n) is 4.58. The summed E-state index contributed by atoms with van der Waals surface area (Å²) in [6, 6.07) is 8.76. The van der Waals surface area contributed by atoms with Gasteiger partial charge in [0, 0.05) is 6.04 Å². The van der Waals surface area contributed by atoms with Crippen LogP contribution < -0.4 is 4.74 Å². The number of hydrogen-bond donors (Lipinski definition) is 0. The van der Waals surface area contributed by atoms with Crippen molar-refractivity contribution in [2.24, 2.45) is 0 Å². The van der Waals surface area contributed by atoms with Gasteiger partial charge in [0.25, 0.3) is 0 Å². The van der Waals surface area contributed by atoms with Gasteiger partial charge in [0.15, 0.2) is 0 Å². The molecule has 0 amide bonds. The summed E-state index contributed by atoms with van der Waals surface area (Å²) in [5.41, 5.74) is 2.33. The topological polar surface area (TPSA) is 27.1 Å². The fourth-order valence-corrected chi connectivity index (χ4v) is 2.00. The lowest BCUT2D eigenvalue weighted by Gasteiger charge is -2.10. The van der Waals surface area contributed by atoms with Gasteiger partial charge in [-0.3, -0.25) is 0 Å². The third kappa shape index (κ3) is 2.18. The molecule has 0 aliphatic heterocycles. The molecule has 2 aromatic rings. The van der Waals surface area contributed by atoms with Gasteiger partial charge in [-0.05, 0) is 31.4 Å². The Bertz CT molecular complexity index is 514. The Kier molecular flexibility index (Phi) is 2.59. The maximum atomic E-state index is 5.84. The van der Waals surface area contributed by atoms with Crippen LogP contribution in [0.3, 0.4) is 0 Å². The Morgan fingerprint density at radius 1 is 1.35 bits per heavy atom. The highest BCUT2D eigenvalue weighted by atomic mass is 16.5. The van der Waals surface area contributed by atoms with E-state index in [1.165, 1.54) is 18.4 Å². The predicted octanol–water partition coefficient (Wildman–Crippen LogP) is 3.11. The van der Waals surface area contributed by atoms with E-state index in [4.69, 9.17) is 4.74 Å². The van der Waals surface area contributed by atoms with Crippen LogP contribution in [0.25, 0.3) is 0 Å². The Labute approximate surface area is 101 Å². The van der Waals surface area contributed by atoms with Crippen molar-refractivity contribution in [3.8, 4) is 5.75 Å². The normalized spacial score (nSPS) is 14.9. The molecule has 1 aliphatic carbocycles. The molecule has 0 N–H and O–H groups in total. The van der Waals surface area contributed by atoms with E-state index in [1.807, 2.05) is 30.7 Å². The number of hydrogen-bond acceptors (Lipinski definition) is 2. The van der Waals surface area contributed by atoms with Gasteiger partial charge < -0.3 is 9.30 Å². The Morgan fingerprint density at radius 2 is 2.18 bits per heavy atom. The summed E-state index contributed by atoms with van der Waals surface area (Å²) in [6.45, 7) is 2.66. The number of aryl methyl sites for hydroxylation is 1. The minimum absolute atomic E-state index is 0.599. The van der Waals surface area contributed by atoms with E-state index in [0.29, 0.717) is 12.6 Å². The first-order valence-corrected chi connectivity index (χ1v) is 6.04. The molecule has 1 fully saturated rings. The van der Waals surface area contributed by atoms with Crippen molar-refractivity contribution < 1.29 is 4.74 Å². The summed E-state index contributed by atoms with van der Waals surface area (Å²) in [5, 5.41) is 0. The van der Waals surface area contributed by atoms with Crippen molar-refractivity contribution in [2.45, 2.75) is 32.4 Å². The van der Waals surface area contributed by atoms with Crippen LogP contribution in [0.4, 0.5) is 0 Å². The molecule has 0 spiro atoms. The van der Waals surface area contributed by atoms with Crippen LogP contribution >= 0.6 is 0 Å². The quantitative estimate of drug-likeness (QED) is 0.804. The summed E-state index contributed by atoms with van der Waals surface area (Å²) in [7, 11) is 0. The molecule has 3 rings (SSSR count). The fraction of sp³-hybridized carbons (Fsp3) is 0.357. The van der Waals surface area contributed by atoms with E-state index in [-0.39, 0.29) is 0 Å². The Hall–Kier alpha value is -1.77. The van der Waals surface area contributed by atoms with Crippen LogP contribution in [-0.4, -0.2) is 9.55 Å². The van der Waals surface area contributed by atoms with Crippen molar-refractivity contribution in [3.63, 3.8) is 0 Å². The van der Waals surface area contributed by atoms with Crippen molar-refractivity contribution >= 4 is 0 Å². The summed E-state index contributed by atoms with van der Waals surface area (Å²) >= 11 is 0. The monoisotopic (exact) mass is 228 g/mol. The first kappa shape index (κ1) is 10.4. The lowest BCUT2D eigenvalue weighted by atomic mass is 10.2. The molecule has 1 saturated carbocycles. The zero-order valence-electron chi connectivity index (χ0n) is 9.97. The maximum absolute atomic E-state index is 5.84. The second-order valence-corrected chi connectivity index (χ2v) is 4.58. The van der Waals surface area contributed by atoms with E-state index >= 15 is 0 Å². The molecular weight excluding hydrogens is 212 g/mol. The van der Waals surface area contributed by atoms with Gasteiger partial charge in [-0.15, -0.1) is 0 Å². The first-order valence-electron chi connectivity index (χ1n) is 6.04. The minimum atomic E-state index is 0.599. The van der Waals surface area contributed by atoms with Crippen LogP contribution in [-0.2, 0) is 6.61 Å². The molecule has 0 saturated heterocycles. The fourth-order valence-electron chi connectivity index (χ4n) is 2.00. The van der Waals surface area contributed by atoms with Crippen LogP contribution in [0.1, 0.15) is 30.1 Å². The third-order valence-corrected chi connectivity index (χ3v) is 3.16. The number of imidazole rings is 1. The summed E-state index contributed by atoms with van der Waals surface area (Å²) in [6.07, 6.45) is 6.35. The van der Waals surface area contributed by atoms with Gasteiger partial charge in [-0.2, -0.15) is 0 Å². The molecule has 88 valence electrons. The lowest BCUT2D eigenvalue weighted by molar-refractivity contribution is 0.293. The third-order valence-electron chi connectivity index (χ3n) is 3.16. The lowest BCUT2D eigenvalue weighted by Crippen LogP contribution is -2.04. The molecule has 1 aromatic heterocycles. The average Bonchev–Trinajstić information content (AvgIpc) is 3.08. The highest BCUT2D eigenvalue weighted by molar-refractivity contribution is 5.31. The van der Waals surface area contributed by atoms with Gasteiger partial charge in [-0.25, -0.2) is 4.98 Å². The van der Waals surface area contributed by atoms with Gasteiger partial charge in [-0.1, -0.05) is 18.2 Å². The average molecular weight is 228 g/mol. The van der Waals surface area contributed by atoms with E-state index < -0.39 is 0 Å². The maximum Gasteiger partial charge on any atom is 0.130 e. The SMILES string of the molecule is Cc1ccccc1OCc1cncn1C1CC1. The molecule has 0 atom stereocenters. The molecule has 0 unspecified atom stereocenters. The van der Waals surface area contributed by atoms with E-state index in [0.717, 1.165) is 11.4 Å². The summed E-state index contributed by atoms with van der Waals surface area (Å²) in [4.78, 5) is 4.20. The van der Waals surface area contributed by atoms with E-state index in [2.05, 4.69) is 22.5 Å². The zero-order chi connectivity index (χ0) is 11.7. The number of ether oxygens (including phenoxy) is 1. The molecule has 1 aliphatic rings. The number of benzene rings is 1. The number of nitrogens with zero attached hydrogens (tertiary/aromatic N) is 2. The molecule has 3 nitrogen and oxygen atoms in total. The van der Waals surface area contributed by atoms with Gasteiger partial charge in [0.05, 0.1) is 18.2 Å². The number of aromatic nitrogens is 2. The summed E-state index contributed by atoms with van der Waals surface area (Å²) in [5.74, 6) is 0.955. The Balaban J connectivity index is 1.71. The van der Waals surface area contributed by atoms with E-state index in [9.17, 15) is 0 Å². The second kappa shape index (κ2) is 4.24. The van der Waals surface area contributed by atoms with Gasteiger partial charge >= 0.3 is 0 Å². The largest absolute Gasteiger partial charge is 0.487 e. The molecule has 0 radical (unpaired) electrons. The van der Waals surface area contributed by atoms with Crippen LogP contribution in [0.15, 0.2) is 36.8 Å². The van der Waals surface area contributed by atoms with Gasteiger partial charge in [0.1, 0.15) is 12.4 Å². The van der Waals surface area contributed by atoms with Crippen molar-refractivity contribution in [3.05, 3.63) is 48.0 Å². The van der Waals surface area contributed by atoms with Crippen molar-refractivity contribution in [1.82, 2.24) is 9.55 Å². The van der Waals surface area contributed by atoms with Crippen LogP contribution in [0, 0.1) is 6.92 Å². The first-order chi connectivity index (χ1) is 8.34. The van der Waals surface area contributed by atoms with Crippen LogP contribution in [0.2, 0.25) is 0 Å². The number of para-hydroxylation sites is 1. The standard InChI is InChI=1S/C14H16N2O/c1-11-4-2-3-5-14(11)17-9-13-8-15-10-16(13)12-6-7-12/h2-5,8,10,12H,6-7,9H2,1H3. The van der Waals surface area contributed by atoms with Gasteiger partial charge in [0.2, 0.25) is 0 Å².